The summed E-state index contributed by atoms with van der Waals surface area (Å²) in [5.74, 6) is 0. The smallest absolute Gasteiger partial charge is 0.249 e. The highest BCUT2D eigenvalue weighted by atomic mass is 79.9. The summed E-state index contributed by atoms with van der Waals surface area (Å²) < 4.78 is 26.5. The molecule has 0 aliphatic carbocycles. The topological polar surface area (TPSA) is 50.3 Å². The number of alkyl halides is 1. The maximum Gasteiger partial charge on any atom is 0.254 e. The van der Waals surface area contributed by atoms with Gasteiger partial charge < -0.3 is 0 Å². The Balaban J connectivity index is 2.32. The van der Waals surface area contributed by atoms with Crippen molar-refractivity contribution in [3.05, 3.63) is 11.2 Å². The van der Waals surface area contributed by atoms with E-state index in [0.717, 1.165) is 17.8 Å². The maximum atomic E-state index is 12.3. The fraction of sp³-hybridized carbons (Fsp3) is 0.667. The van der Waals surface area contributed by atoms with E-state index in [1.165, 1.54) is 17.5 Å². The number of halogens is 1. The van der Waals surface area contributed by atoms with Crippen molar-refractivity contribution >= 4 is 37.3 Å². The molecule has 90 valence electrons. The zero-order chi connectivity index (χ0) is 11.8. The van der Waals surface area contributed by atoms with Gasteiger partial charge >= 0.3 is 0 Å². The highest BCUT2D eigenvalue weighted by Crippen LogP contribution is 2.29. The molecule has 0 radical (unpaired) electrons. The zero-order valence-electron chi connectivity index (χ0n) is 8.89. The first-order valence-corrected chi connectivity index (χ1v) is 8.43. The summed E-state index contributed by atoms with van der Waals surface area (Å²) in [5, 5.41) is 1.48. The van der Waals surface area contributed by atoms with Crippen LogP contribution in [0.3, 0.4) is 0 Å². The van der Waals surface area contributed by atoms with Gasteiger partial charge in [0.15, 0.2) is 4.21 Å². The van der Waals surface area contributed by atoms with Crippen molar-refractivity contribution in [1.82, 2.24) is 9.29 Å². The molecule has 1 atom stereocenters. The Bertz CT molecular complexity index is 472. The molecular formula is C9H13BrN2O2S2. The molecule has 1 aliphatic heterocycles. The van der Waals surface area contributed by atoms with Crippen LogP contribution in [0.15, 0.2) is 10.4 Å². The van der Waals surface area contributed by atoms with Crippen LogP contribution in [-0.4, -0.2) is 35.6 Å². The van der Waals surface area contributed by atoms with Crippen LogP contribution in [0.4, 0.5) is 0 Å². The van der Waals surface area contributed by atoms with Crippen LogP contribution in [0.2, 0.25) is 0 Å². The van der Waals surface area contributed by atoms with Crippen molar-refractivity contribution in [2.24, 2.45) is 0 Å². The van der Waals surface area contributed by atoms with Crippen LogP contribution in [0.1, 0.15) is 17.8 Å². The maximum absolute atomic E-state index is 12.3. The highest BCUT2D eigenvalue weighted by Gasteiger charge is 2.35. The van der Waals surface area contributed by atoms with Gasteiger partial charge in [0.05, 0.1) is 11.2 Å². The molecule has 16 heavy (non-hydrogen) atoms. The van der Waals surface area contributed by atoms with E-state index in [9.17, 15) is 8.42 Å². The molecule has 0 amide bonds. The summed E-state index contributed by atoms with van der Waals surface area (Å²) in [6, 6.07) is 0.0902. The van der Waals surface area contributed by atoms with Crippen LogP contribution >= 0.6 is 27.3 Å². The van der Waals surface area contributed by atoms with Crippen LogP contribution in [0.25, 0.3) is 0 Å². The Kier molecular flexibility index (Phi) is 3.68. The number of nitrogens with zero attached hydrogens (tertiary/aromatic N) is 2. The summed E-state index contributed by atoms with van der Waals surface area (Å²) in [4.78, 5) is 4.01. The van der Waals surface area contributed by atoms with E-state index in [1.807, 2.05) is 6.92 Å². The Morgan fingerprint density at radius 2 is 2.44 bits per heavy atom. The molecule has 1 fully saturated rings. The van der Waals surface area contributed by atoms with Gasteiger partial charge in [-0.2, -0.15) is 4.31 Å². The molecule has 7 heteroatoms. The number of sulfonamides is 1. The summed E-state index contributed by atoms with van der Waals surface area (Å²) >= 11 is 4.61. The first kappa shape index (κ1) is 12.5. The summed E-state index contributed by atoms with van der Waals surface area (Å²) in [7, 11) is -3.32. The van der Waals surface area contributed by atoms with Gasteiger partial charge in [-0.3, -0.25) is 0 Å². The second kappa shape index (κ2) is 4.72. The van der Waals surface area contributed by atoms with Crippen LogP contribution in [0.5, 0.6) is 0 Å². The quantitative estimate of drug-likeness (QED) is 0.799. The molecule has 0 N–H and O–H groups in total. The SMILES string of the molecule is Cc1ncc(S(=O)(=O)N2CCCC2CBr)s1. The number of rotatable bonds is 3. The fourth-order valence-electron chi connectivity index (χ4n) is 1.86. The minimum atomic E-state index is -3.32. The van der Waals surface area contributed by atoms with Crippen molar-refractivity contribution in [2.45, 2.75) is 30.0 Å². The normalized spacial score (nSPS) is 22.8. The third-order valence-corrected chi connectivity index (χ3v) is 6.71. The van der Waals surface area contributed by atoms with Crippen LogP contribution < -0.4 is 0 Å². The molecule has 0 aromatic carbocycles. The van der Waals surface area contributed by atoms with E-state index in [1.54, 1.807) is 4.31 Å². The van der Waals surface area contributed by atoms with E-state index < -0.39 is 10.0 Å². The molecule has 4 nitrogen and oxygen atoms in total. The minimum absolute atomic E-state index is 0.0902. The molecule has 0 bridgehead atoms. The lowest BCUT2D eigenvalue weighted by molar-refractivity contribution is 0.415. The molecule has 2 rings (SSSR count). The molecule has 1 aliphatic rings. The average molecular weight is 325 g/mol. The second-order valence-electron chi connectivity index (χ2n) is 3.76. The Morgan fingerprint density at radius 3 is 3.00 bits per heavy atom. The predicted octanol–water partition coefficient (Wildman–Crippen LogP) is 2.00. The summed E-state index contributed by atoms with van der Waals surface area (Å²) in [6.45, 7) is 2.44. The standard InChI is InChI=1S/C9H13BrN2O2S2/c1-7-11-6-9(15-7)16(13,14)12-4-2-3-8(12)5-10/h6,8H,2-5H2,1H3. The Labute approximate surface area is 108 Å². The van der Waals surface area contributed by atoms with Crippen molar-refractivity contribution in [3.63, 3.8) is 0 Å². The Hall–Kier alpha value is 0.0200. The van der Waals surface area contributed by atoms with Gasteiger partial charge in [-0.25, -0.2) is 13.4 Å². The number of aromatic nitrogens is 1. The molecule has 2 heterocycles. The Morgan fingerprint density at radius 1 is 1.69 bits per heavy atom. The van der Waals surface area contributed by atoms with E-state index in [4.69, 9.17) is 0 Å². The number of thiazole rings is 1. The fourth-order valence-corrected chi connectivity index (χ4v) is 5.65. The van der Waals surface area contributed by atoms with Crippen molar-refractivity contribution in [1.29, 1.82) is 0 Å². The van der Waals surface area contributed by atoms with Gasteiger partial charge in [0.1, 0.15) is 0 Å². The van der Waals surface area contributed by atoms with Gasteiger partial charge in [0.2, 0.25) is 0 Å². The third-order valence-electron chi connectivity index (χ3n) is 2.66. The first-order chi connectivity index (χ1) is 7.55. The lowest BCUT2D eigenvalue weighted by Gasteiger charge is -2.21. The van der Waals surface area contributed by atoms with Gasteiger partial charge in [-0.15, -0.1) is 11.3 Å². The lowest BCUT2D eigenvalue weighted by Crippen LogP contribution is -2.36. The third kappa shape index (κ3) is 2.18. The molecular weight excluding hydrogens is 312 g/mol. The van der Waals surface area contributed by atoms with Gasteiger partial charge in [0.25, 0.3) is 10.0 Å². The first-order valence-electron chi connectivity index (χ1n) is 5.06. The summed E-state index contributed by atoms with van der Waals surface area (Å²) in [5.41, 5.74) is 0. The average Bonchev–Trinajstić information content (AvgIpc) is 2.85. The summed E-state index contributed by atoms with van der Waals surface area (Å²) in [6.07, 6.45) is 3.33. The zero-order valence-corrected chi connectivity index (χ0v) is 12.1. The van der Waals surface area contributed by atoms with Crippen molar-refractivity contribution in [3.8, 4) is 0 Å². The largest absolute Gasteiger partial charge is 0.254 e. The molecule has 1 aromatic rings. The van der Waals surface area contributed by atoms with Crippen molar-refractivity contribution in [2.75, 3.05) is 11.9 Å². The van der Waals surface area contributed by atoms with Crippen molar-refractivity contribution < 1.29 is 8.42 Å². The van der Waals surface area contributed by atoms with Gasteiger partial charge in [-0.1, -0.05) is 15.9 Å². The van der Waals surface area contributed by atoms with E-state index in [0.29, 0.717) is 16.1 Å². The highest BCUT2D eigenvalue weighted by molar-refractivity contribution is 9.09. The predicted molar refractivity (Wildman–Crippen MR) is 67.6 cm³/mol. The van der Waals surface area contributed by atoms with E-state index in [2.05, 4.69) is 20.9 Å². The number of aryl methyl sites for hydroxylation is 1. The molecule has 0 saturated carbocycles. The van der Waals surface area contributed by atoms with E-state index >= 15 is 0 Å². The second-order valence-corrected chi connectivity index (χ2v) is 7.76. The molecule has 0 spiro atoms. The number of hydrogen-bond acceptors (Lipinski definition) is 4. The van der Waals surface area contributed by atoms with Gasteiger partial charge in [0, 0.05) is 17.9 Å². The van der Waals surface area contributed by atoms with Crippen LogP contribution in [-0.2, 0) is 10.0 Å². The number of hydrogen-bond donors (Lipinski definition) is 0. The van der Waals surface area contributed by atoms with Crippen LogP contribution in [0, 0.1) is 6.92 Å². The van der Waals surface area contributed by atoms with E-state index in [-0.39, 0.29) is 6.04 Å². The minimum Gasteiger partial charge on any atom is -0.249 e. The van der Waals surface area contributed by atoms with Gasteiger partial charge in [-0.05, 0) is 19.8 Å². The lowest BCUT2D eigenvalue weighted by atomic mass is 10.3. The molecule has 1 unspecified atom stereocenters. The molecule has 1 aromatic heterocycles. The monoisotopic (exact) mass is 324 g/mol. The molecule has 1 saturated heterocycles.